The first kappa shape index (κ1) is 13.8. The van der Waals surface area contributed by atoms with Crippen LogP contribution in [0, 0.1) is 5.41 Å². The van der Waals surface area contributed by atoms with Crippen molar-refractivity contribution < 1.29 is 9.84 Å². The molecule has 0 aliphatic rings. The zero-order chi connectivity index (χ0) is 14.0. The minimum absolute atomic E-state index is 0.403. The third-order valence-corrected chi connectivity index (χ3v) is 3.69. The average molecular weight is 259 g/mol. The highest BCUT2D eigenvalue weighted by atomic mass is 16.5. The predicted molar refractivity (Wildman–Crippen MR) is 78.3 cm³/mol. The molecule has 0 aromatic heterocycles. The number of benzene rings is 2. The van der Waals surface area contributed by atoms with Gasteiger partial charge >= 0.3 is 0 Å². The molecule has 3 N–H and O–H groups in total. The van der Waals surface area contributed by atoms with Crippen molar-refractivity contribution in [1.29, 1.82) is 0 Å². The lowest BCUT2D eigenvalue weighted by Gasteiger charge is -2.31. The van der Waals surface area contributed by atoms with Gasteiger partial charge in [0.1, 0.15) is 5.75 Å². The van der Waals surface area contributed by atoms with Crippen molar-refractivity contribution in [3.05, 3.63) is 42.0 Å². The number of aliphatic hydroxyl groups is 1. The maximum absolute atomic E-state index is 10.7. The molecule has 0 bridgehead atoms. The summed E-state index contributed by atoms with van der Waals surface area (Å²) in [6.45, 7) is 4.32. The Labute approximate surface area is 114 Å². The number of nitrogens with two attached hydrogens (primary N) is 1. The van der Waals surface area contributed by atoms with Crippen molar-refractivity contribution in [2.24, 2.45) is 11.1 Å². The molecule has 2 rings (SSSR count). The molecule has 2 aromatic carbocycles. The molecule has 0 heterocycles. The summed E-state index contributed by atoms with van der Waals surface area (Å²) in [5.74, 6) is 0.702. The molecular weight excluding hydrogens is 238 g/mol. The van der Waals surface area contributed by atoms with Crippen LogP contribution in [-0.4, -0.2) is 18.8 Å². The monoisotopic (exact) mass is 259 g/mol. The van der Waals surface area contributed by atoms with Crippen LogP contribution in [0.5, 0.6) is 5.75 Å². The van der Waals surface area contributed by atoms with E-state index in [4.69, 9.17) is 10.5 Å². The van der Waals surface area contributed by atoms with Gasteiger partial charge < -0.3 is 15.6 Å². The minimum atomic E-state index is -0.668. The van der Waals surface area contributed by atoms with Gasteiger partial charge in [-0.1, -0.05) is 44.2 Å². The van der Waals surface area contributed by atoms with Crippen LogP contribution in [0.2, 0.25) is 0 Å². The van der Waals surface area contributed by atoms with Crippen LogP contribution >= 0.6 is 0 Å². The highest BCUT2D eigenvalue weighted by Gasteiger charge is 2.31. The van der Waals surface area contributed by atoms with E-state index in [1.54, 1.807) is 7.11 Å². The Kier molecular flexibility index (Phi) is 3.78. The molecule has 102 valence electrons. The summed E-state index contributed by atoms with van der Waals surface area (Å²) < 4.78 is 5.41. The van der Waals surface area contributed by atoms with Gasteiger partial charge in [-0.25, -0.2) is 0 Å². The predicted octanol–water partition coefficient (Wildman–Crippen LogP) is 2.87. The fourth-order valence-corrected chi connectivity index (χ4v) is 2.24. The summed E-state index contributed by atoms with van der Waals surface area (Å²) in [6.07, 6.45) is -0.668. The summed E-state index contributed by atoms with van der Waals surface area (Å²) in [4.78, 5) is 0. The molecule has 0 aliphatic heterocycles. The smallest absolute Gasteiger partial charge is 0.125 e. The Hall–Kier alpha value is -1.58. The molecule has 0 fully saturated rings. The topological polar surface area (TPSA) is 55.5 Å². The molecule has 0 amide bonds. The number of rotatable bonds is 4. The van der Waals surface area contributed by atoms with Crippen molar-refractivity contribution in [3.63, 3.8) is 0 Å². The lowest BCUT2D eigenvalue weighted by molar-refractivity contribution is 0.0547. The van der Waals surface area contributed by atoms with Crippen LogP contribution in [0.15, 0.2) is 36.4 Å². The van der Waals surface area contributed by atoms with E-state index in [0.717, 1.165) is 16.3 Å². The molecule has 3 nitrogen and oxygen atoms in total. The number of fused-ring (bicyclic) bond motifs is 1. The van der Waals surface area contributed by atoms with Crippen LogP contribution in [0.4, 0.5) is 0 Å². The van der Waals surface area contributed by atoms with E-state index in [1.165, 1.54) is 0 Å². The summed E-state index contributed by atoms with van der Waals surface area (Å²) in [7, 11) is 1.62. The first-order chi connectivity index (χ1) is 9.01. The molecule has 0 radical (unpaired) electrons. The second kappa shape index (κ2) is 5.19. The summed E-state index contributed by atoms with van der Waals surface area (Å²) in [6, 6.07) is 11.9. The van der Waals surface area contributed by atoms with E-state index in [1.807, 2.05) is 50.2 Å². The van der Waals surface area contributed by atoms with E-state index in [9.17, 15) is 5.11 Å². The van der Waals surface area contributed by atoms with Gasteiger partial charge in [0.25, 0.3) is 0 Å². The molecular formula is C16H21NO2. The summed E-state index contributed by atoms with van der Waals surface area (Å²) in [5.41, 5.74) is 6.19. The Bertz CT molecular complexity index is 578. The Morgan fingerprint density at radius 3 is 2.53 bits per heavy atom. The van der Waals surface area contributed by atoms with E-state index < -0.39 is 11.5 Å². The van der Waals surface area contributed by atoms with Crippen LogP contribution in [-0.2, 0) is 0 Å². The van der Waals surface area contributed by atoms with Crippen molar-refractivity contribution in [2.45, 2.75) is 20.0 Å². The molecule has 1 atom stereocenters. The van der Waals surface area contributed by atoms with Gasteiger partial charge in [0.15, 0.2) is 0 Å². The zero-order valence-corrected chi connectivity index (χ0v) is 11.7. The summed E-state index contributed by atoms with van der Waals surface area (Å²) >= 11 is 0. The van der Waals surface area contributed by atoms with Crippen LogP contribution in [0.25, 0.3) is 10.8 Å². The lowest BCUT2D eigenvalue weighted by Crippen LogP contribution is -2.31. The van der Waals surface area contributed by atoms with Gasteiger partial charge in [-0.15, -0.1) is 0 Å². The van der Waals surface area contributed by atoms with E-state index in [-0.39, 0.29) is 0 Å². The van der Waals surface area contributed by atoms with Crippen molar-refractivity contribution in [1.82, 2.24) is 0 Å². The average Bonchev–Trinajstić information content (AvgIpc) is 2.45. The second-order valence-electron chi connectivity index (χ2n) is 5.50. The van der Waals surface area contributed by atoms with E-state index >= 15 is 0 Å². The second-order valence-corrected chi connectivity index (χ2v) is 5.50. The molecule has 2 aromatic rings. The maximum atomic E-state index is 10.7. The first-order valence-corrected chi connectivity index (χ1v) is 6.45. The Balaban J connectivity index is 2.69. The highest BCUT2D eigenvalue weighted by Crippen LogP contribution is 2.41. The maximum Gasteiger partial charge on any atom is 0.125 e. The van der Waals surface area contributed by atoms with Crippen LogP contribution < -0.4 is 10.5 Å². The van der Waals surface area contributed by atoms with E-state index in [2.05, 4.69) is 0 Å². The van der Waals surface area contributed by atoms with Gasteiger partial charge in [-0.05, 0) is 16.8 Å². The number of aliphatic hydroxyl groups excluding tert-OH is 1. The van der Waals surface area contributed by atoms with Crippen molar-refractivity contribution in [3.8, 4) is 5.75 Å². The Morgan fingerprint density at radius 2 is 1.89 bits per heavy atom. The SMILES string of the molecule is COc1ccc2ccccc2c1C(O)C(C)(C)CN. The van der Waals surface area contributed by atoms with Gasteiger partial charge in [0.2, 0.25) is 0 Å². The number of ether oxygens (including phenoxy) is 1. The quantitative estimate of drug-likeness (QED) is 0.887. The van der Waals surface area contributed by atoms with Gasteiger partial charge in [-0.2, -0.15) is 0 Å². The molecule has 0 aliphatic carbocycles. The van der Waals surface area contributed by atoms with Crippen molar-refractivity contribution >= 4 is 10.8 Å². The van der Waals surface area contributed by atoms with Crippen molar-refractivity contribution in [2.75, 3.05) is 13.7 Å². The first-order valence-electron chi connectivity index (χ1n) is 6.45. The fourth-order valence-electron chi connectivity index (χ4n) is 2.24. The molecule has 0 spiro atoms. The normalized spacial score (nSPS) is 13.5. The zero-order valence-electron chi connectivity index (χ0n) is 11.7. The third-order valence-electron chi connectivity index (χ3n) is 3.69. The summed E-state index contributed by atoms with van der Waals surface area (Å²) in [5, 5.41) is 12.8. The van der Waals surface area contributed by atoms with Crippen LogP contribution in [0.3, 0.4) is 0 Å². The number of methoxy groups -OCH3 is 1. The number of hydrogen-bond donors (Lipinski definition) is 2. The minimum Gasteiger partial charge on any atom is -0.496 e. The number of hydrogen-bond acceptors (Lipinski definition) is 3. The molecule has 0 saturated heterocycles. The van der Waals surface area contributed by atoms with E-state index in [0.29, 0.717) is 12.3 Å². The lowest BCUT2D eigenvalue weighted by atomic mass is 9.81. The Morgan fingerprint density at radius 1 is 1.21 bits per heavy atom. The van der Waals surface area contributed by atoms with Gasteiger partial charge in [0.05, 0.1) is 13.2 Å². The molecule has 3 heteroatoms. The van der Waals surface area contributed by atoms with Crippen LogP contribution in [0.1, 0.15) is 25.5 Å². The van der Waals surface area contributed by atoms with Gasteiger partial charge in [0, 0.05) is 17.5 Å². The standard InChI is InChI=1S/C16H21NO2/c1-16(2,10-17)15(18)14-12-7-5-4-6-11(12)8-9-13(14)19-3/h4-9,15,18H,10,17H2,1-3H3. The molecule has 0 saturated carbocycles. The molecule has 1 unspecified atom stereocenters. The highest BCUT2D eigenvalue weighted by molar-refractivity contribution is 5.88. The molecule has 19 heavy (non-hydrogen) atoms. The third kappa shape index (κ3) is 2.44. The largest absolute Gasteiger partial charge is 0.496 e. The fraction of sp³-hybridized carbons (Fsp3) is 0.375. The van der Waals surface area contributed by atoms with Gasteiger partial charge in [-0.3, -0.25) is 0 Å².